The van der Waals surface area contributed by atoms with Gasteiger partial charge in [0.25, 0.3) is 0 Å². The lowest BCUT2D eigenvalue weighted by Gasteiger charge is -2.18. The van der Waals surface area contributed by atoms with E-state index in [2.05, 4.69) is 9.36 Å². The first kappa shape index (κ1) is 9.91. The third-order valence-corrected chi connectivity index (χ3v) is 3.44. The molecule has 68 valence electrons. The van der Waals surface area contributed by atoms with Crippen LogP contribution in [0.5, 0.6) is 0 Å². The molecule has 0 aliphatic carbocycles. The van der Waals surface area contributed by atoms with Crippen molar-refractivity contribution in [2.45, 2.75) is 16.9 Å². The summed E-state index contributed by atoms with van der Waals surface area (Å²) in [5, 5.41) is 9.53. The molecule has 1 heterocycles. The largest absolute Gasteiger partial charge is 0.388 e. The minimum absolute atomic E-state index is 0.263. The Morgan fingerprint density at radius 3 is 3.08 bits per heavy atom. The van der Waals surface area contributed by atoms with Crippen LogP contribution in [-0.4, -0.2) is 32.4 Å². The zero-order valence-electron chi connectivity index (χ0n) is 6.73. The molecule has 0 saturated carbocycles. The Kier molecular flexibility index (Phi) is 3.45. The van der Waals surface area contributed by atoms with Crippen LogP contribution in [0, 0.1) is 0 Å². The standard InChI is InChI=1S/C6H11N3OS2/c1-6(10,2-7)3-11-5-8-4-9-12-5/h4,10H,2-3,7H2,1H3. The molecule has 0 aromatic carbocycles. The zero-order chi connectivity index (χ0) is 9.03. The van der Waals surface area contributed by atoms with Crippen molar-refractivity contribution in [3.8, 4) is 0 Å². The molecule has 0 aliphatic heterocycles. The monoisotopic (exact) mass is 205 g/mol. The summed E-state index contributed by atoms with van der Waals surface area (Å²) in [5.74, 6) is 0.554. The van der Waals surface area contributed by atoms with Gasteiger partial charge >= 0.3 is 0 Å². The van der Waals surface area contributed by atoms with Crippen LogP contribution in [0.25, 0.3) is 0 Å². The van der Waals surface area contributed by atoms with E-state index in [1.165, 1.54) is 29.6 Å². The van der Waals surface area contributed by atoms with Crippen molar-refractivity contribution in [2.75, 3.05) is 12.3 Å². The van der Waals surface area contributed by atoms with E-state index in [1.807, 2.05) is 0 Å². The number of hydrogen-bond donors (Lipinski definition) is 2. The number of rotatable bonds is 4. The van der Waals surface area contributed by atoms with Crippen molar-refractivity contribution in [2.24, 2.45) is 5.73 Å². The molecule has 0 aliphatic rings. The molecule has 1 aromatic heterocycles. The molecular weight excluding hydrogens is 194 g/mol. The van der Waals surface area contributed by atoms with Crippen molar-refractivity contribution >= 4 is 23.3 Å². The van der Waals surface area contributed by atoms with Gasteiger partial charge in [0.05, 0.1) is 5.60 Å². The molecule has 1 rings (SSSR count). The number of thioether (sulfide) groups is 1. The molecule has 1 unspecified atom stereocenters. The second kappa shape index (κ2) is 4.18. The van der Waals surface area contributed by atoms with Gasteiger partial charge < -0.3 is 10.8 Å². The second-order valence-electron chi connectivity index (χ2n) is 2.70. The Balaban J connectivity index is 2.36. The van der Waals surface area contributed by atoms with E-state index in [0.717, 1.165) is 4.34 Å². The fourth-order valence-electron chi connectivity index (χ4n) is 0.503. The number of aliphatic hydroxyl groups is 1. The van der Waals surface area contributed by atoms with Gasteiger partial charge in [-0.1, -0.05) is 11.8 Å². The first-order chi connectivity index (χ1) is 5.64. The predicted molar refractivity (Wildman–Crippen MR) is 50.3 cm³/mol. The summed E-state index contributed by atoms with van der Waals surface area (Å²) in [5.41, 5.74) is 4.54. The van der Waals surface area contributed by atoms with E-state index in [9.17, 15) is 5.11 Å². The lowest BCUT2D eigenvalue weighted by Crippen LogP contribution is -2.36. The lowest BCUT2D eigenvalue weighted by atomic mass is 10.1. The highest BCUT2D eigenvalue weighted by molar-refractivity contribution is 8.01. The van der Waals surface area contributed by atoms with E-state index in [0.29, 0.717) is 5.75 Å². The topological polar surface area (TPSA) is 72.0 Å². The maximum absolute atomic E-state index is 9.53. The highest BCUT2D eigenvalue weighted by Crippen LogP contribution is 2.22. The SMILES string of the molecule is CC(O)(CN)CSc1ncns1. The van der Waals surface area contributed by atoms with Gasteiger partial charge in [-0.05, 0) is 18.5 Å². The number of nitrogens with zero attached hydrogens (tertiary/aromatic N) is 2. The number of hydrogen-bond acceptors (Lipinski definition) is 6. The Bertz CT molecular complexity index is 225. The van der Waals surface area contributed by atoms with Crippen molar-refractivity contribution in [1.82, 2.24) is 9.36 Å². The van der Waals surface area contributed by atoms with Crippen molar-refractivity contribution in [1.29, 1.82) is 0 Å². The van der Waals surface area contributed by atoms with Gasteiger partial charge in [-0.15, -0.1) is 0 Å². The lowest BCUT2D eigenvalue weighted by molar-refractivity contribution is 0.0949. The van der Waals surface area contributed by atoms with Crippen molar-refractivity contribution in [3.05, 3.63) is 6.33 Å². The first-order valence-corrected chi connectivity index (χ1v) is 5.22. The van der Waals surface area contributed by atoms with E-state index < -0.39 is 5.60 Å². The molecule has 12 heavy (non-hydrogen) atoms. The molecule has 0 bridgehead atoms. The van der Waals surface area contributed by atoms with Gasteiger partial charge in [0.1, 0.15) is 6.33 Å². The van der Waals surface area contributed by atoms with E-state index in [4.69, 9.17) is 5.73 Å². The average Bonchev–Trinajstić information content (AvgIpc) is 2.53. The minimum Gasteiger partial charge on any atom is -0.388 e. The van der Waals surface area contributed by atoms with Crippen molar-refractivity contribution < 1.29 is 5.11 Å². The molecule has 0 amide bonds. The summed E-state index contributed by atoms with van der Waals surface area (Å²) in [6, 6.07) is 0. The maximum Gasteiger partial charge on any atom is 0.169 e. The quantitative estimate of drug-likeness (QED) is 0.694. The van der Waals surface area contributed by atoms with Crippen LogP contribution in [0.2, 0.25) is 0 Å². The molecule has 0 saturated heterocycles. The van der Waals surface area contributed by atoms with Crippen molar-refractivity contribution in [3.63, 3.8) is 0 Å². The van der Waals surface area contributed by atoms with E-state index >= 15 is 0 Å². The Morgan fingerprint density at radius 1 is 1.83 bits per heavy atom. The molecule has 1 aromatic rings. The average molecular weight is 205 g/mol. The maximum atomic E-state index is 9.53. The highest BCUT2D eigenvalue weighted by atomic mass is 32.2. The molecule has 4 nitrogen and oxygen atoms in total. The Morgan fingerprint density at radius 2 is 2.58 bits per heavy atom. The van der Waals surface area contributed by atoms with Crippen LogP contribution in [0.15, 0.2) is 10.7 Å². The Labute approximate surface area is 79.4 Å². The normalized spacial score (nSPS) is 15.9. The van der Waals surface area contributed by atoms with Crippen LogP contribution in [0.3, 0.4) is 0 Å². The number of nitrogens with two attached hydrogens (primary N) is 1. The van der Waals surface area contributed by atoms with Gasteiger partial charge in [0, 0.05) is 12.3 Å². The zero-order valence-corrected chi connectivity index (χ0v) is 8.36. The smallest absolute Gasteiger partial charge is 0.169 e. The van der Waals surface area contributed by atoms with E-state index in [-0.39, 0.29) is 6.54 Å². The molecule has 3 N–H and O–H groups in total. The minimum atomic E-state index is -0.809. The molecular formula is C6H11N3OS2. The van der Waals surface area contributed by atoms with Crippen LogP contribution < -0.4 is 5.73 Å². The summed E-state index contributed by atoms with van der Waals surface area (Å²) in [6.45, 7) is 1.97. The summed E-state index contributed by atoms with van der Waals surface area (Å²) >= 11 is 2.80. The highest BCUT2D eigenvalue weighted by Gasteiger charge is 2.18. The third kappa shape index (κ3) is 3.06. The second-order valence-corrected chi connectivity index (χ2v) is 4.70. The van der Waals surface area contributed by atoms with E-state index in [1.54, 1.807) is 6.92 Å². The van der Waals surface area contributed by atoms with Crippen LogP contribution in [0.4, 0.5) is 0 Å². The number of aromatic nitrogens is 2. The summed E-state index contributed by atoms with van der Waals surface area (Å²) in [4.78, 5) is 3.97. The summed E-state index contributed by atoms with van der Waals surface area (Å²) < 4.78 is 4.71. The van der Waals surface area contributed by atoms with Gasteiger partial charge in [-0.2, -0.15) is 4.37 Å². The van der Waals surface area contributed by atoms with Crippen LogP contribution in [-0.2, 0) is 0 Å². The van der Waals surface area contributed by atoms with Gasteiger partial charge in [0.2, 0.25) is 0 Å². The third-order valence-electron chi connectivity index (χ3n) is 1.29. The first-order valence-electron chi connectivity index (χ1n) is 3.46. The molecule has 0 fully saturated rings. The fourth-order valence-corrected chi connectivity index (χ4v) is 1.97. The van der Waals surface area contributed by atoms with Gasteiger partial charge in [-0.25, -0.2) is 4.98 Å². The van der Waals surface area contributed by atoms with Crippen LogP contribution in [0.1, 0.15) is 6.92 Å². The van der Waals surface area contributed by atoms with Gasteiger partial charge in [-0.3, -0.25) is 0 Å². The molecule has 0 spiro atoms. The molecule has 0 radical (unpaired) electrons. The van der Waals surface area contributed by atoms with Gasteiger partial charge in [0.15, 0.2) is 4.34 Å². The Hall–Kier alpha value is -0.170. The molecule has 1 atom stereocenters. The van der Waals surface area contributed by atoms with Crippen LogP contribution >= 0.6 is 23.3 Å². The summed E-state index contributed by atoms with van der Waals surface area (Å²) in [7, 11) is 0. The summed E-state index contributed by atoms with van der Waals surface area (Å²) in [6.07, 6.45) is 1.50. The molecule has 6 heteroatoms. The predicted octanol–water partition coefficient (Wildman–Crippen LogP) is 0.340. The fraction of sp³-hybridized carbons (Fsp3) is 0.667.